The van der Waals surface area contributed by atoms with Gasteiger partial charge in [0.2, 0.25) is 5.91 Å². The van der Waals surface area contributed by atoms with E-state index in [4.69, 9.17) is 23.1 Å². The van der Waals surface area contributed by atoms with Crippen molar-refractivity contribution >= 4 is 34.6 Å². The molecule has 0 spiro atoms. The van der Waals surface area contributed by atoms with E-state index in [9.17, 15) is 9.18 Å². The second-order valence-electron chi connectivity index (χ2n) is 3.37. The van der Waals surface area contributed by atoms with Crippen molar-refractivity contribution in [2.75, 3.05) is 29.9 Å². The number of rotatable bonds is 4. The minimum absolute atomic E-state index is 0.0181. The van der Waals surface area contributed by atoms with Crippen LogP contribution in [0.5, 0.6) is 0 Å². The topological polar surface area (TPSA) is 93.2 Å². The number of nitrogens with two attached hydrogens (primary N) is 2. The molecule has 7 heteroatoms. The predicted octanol–water partition coefficient (Wildman–Crippen LogP) is 1.19. The third-order valence-electron chi connectivity index (χ3n) is 2.06. The number of carbonyl (C=O) groups excluding carboxylic acids is 1. The molecule has 94 valence electrons. The molecule has 5 nitrogen and oxygen atoms in total. The fraction of sp³-hybridized carbons (Fsp3) is 0.300. The molecule has 6 N–H and O–H groups in total. The fourth-order valence-electron chi connectivity index (χ4n) is 1.27. The van der Waals surface area contributed by atoms with E-state index in [0.717, 1.165) is 0 Å². The van der Waals surface area contributed by atoms with Gasteiger partial charge in [-0.3, -0.25) is 4.79 Å². The number of carbonyl (C=O) groups is 1. The van der Waals surface area contributed by atoms with Crippen molar-refractivity contribution in [2.24, 2.45) is 0 Å². The second-order valence-corrected chi connectivity index (χ2v) is 3.74. The summed E-state index contributed by atoms with van der Waals surface area (Å²) in [6, 6.07) is 1.34. The van der Waals surface area contributed by atoms with Crippen molar-refractivity contribution in [1.29, 1.82) is 0 Å². The molecule has 0 aromatic heterocycles. The number of nitrogens with one attached hydrogen (secondary N) is 2. The van der Waals surface area contributed by atoms with Gasteiger partial charge in [-0.15, -0.1) is 0 Å². The fourth-order valence-corrected chi connectivity index (χ4v) is 1.42. The van der Waals surface area contributed by atoms with Gasteiger partial charge >= 0.3 is 0 Å². The van der Waals surface area contributed by atoms with Gasteiger partial charge in [0.05, 0.1) is 23.6 Å². The summed E-state index contributed by atoms with van der Waals surface area (Å²) < 4.78 is 13.7. The lowest BCUT2D eigenvalue weighted by Crippen LogP contribution is -2.29. The molecule has 1 rings (SSSR count). The molecule has 0 radical (unpaired) electrons. The standard InChI is InChI=1S/C10H14ClFN4O/c1-2-15-7(17)4-16-10-6(14)3-5(13)8(11)9(10)12/h3,16H,2,4,13-14H2,1H3,(H,15,17). The quantitative estimate of drug-likeness (QED) is 0.612. The van der Waals surface area contributed by atoms with Crippen LogP contribution in [0.4, 0.5) is 21.5 Å². The van der Waals surface area contributed by atoms with Crippen molar-refractivity contribution < 1.29 is 9.18 Å². The first-order chi connectivity index (χ1) is 7.97. The second kappa shape index (κ2) is 5.58. The van der Waals surface area contributed by atoms with E-state index in [-0.39, 0.29) is 34.5 Å². The van der Waals surface area contributed by atoms with Crippen molar-refractivity contribution in [3.63, 3.8) is 0 Å². The Labute approximate surface area is 103 Å². The Morgan fingerprint density at radius 2 is 2.12 bits per heavy atom. The van der Waals surface area contributed by atoms with Crippen LogP contribution < -0.4 is 22.1 Å². The first-order valence-corrected chi connectivity index (χ1v) is 5.38. The predicted molar refractivity (Wildman–Crippen MR) is 67.4 cm³/mol. The molecular weight excluding hydrogens is 247 g/mol. The van der Waals surface area contributed by atoms with E-state index in [1.807, 2.05) is 0 Å². The van der Waals surface area contributed by atoms with Crippen LogP contribution in [0.25, 0.3) is 0 Å². The van der Waals surface area contributed by atoms with Crippen LogP contribution in [0.15, 0.2) is 6.07 Å². The van der Waals surface area contributed by atoms with Crippen molar-refractivity contribution in [1.82, 2.24) is 5.32 Å². The lowest BCUT2D eigenvalue weighted by molar-refractivity contribution is -0.119. The van der Waals surface area contributed by atoms with E-state index in [0.29, 0.717) is 6.54 Å². The Morgan fingerprint density at radius 1 is 1.47 bits per heavy atom. The number of anilines is 3. The Bertz CT molecular complexity index is 439. The molecule has 1 amide bonds. The zero-order valence-corrected chi connectivity index (χ0v) is 10.1. The van der Waals surface area contributed by atoms with Crippen molar-refractivity contribution in [2.45, 2.75) is 6.92 Å². The van der Waals surface area contributed by atoms with Crippen molar-refractivity contribution in [3.8, 4) is 0 Å². The smallest absolute Gasteiger partial charge is 0.239 e. The molecule has 0 aliphatic heterocycles. The lowest BCUT2D eigenvalue weighted by Gasteiger charge is -2.12. The van der Waals surface area contributed by atoms with E-state index >= 15 is 0 Å². The Kier molecular flexibility index (Phi) is 4.39. The molecule has 1 aromatic carbocycles. The highest BCUT2D eigenvalue weighted by Gasteiger charge is 2.14. The average Bonchev–Trinajstić information content (AvgIpc) is 2.26. The summed E-state index contributed by atoms with van der Waals surface area (Å²) in [6.07, 6.45) is 0. The number of hydrogen-bond acceptors (Lipinski definition) is 4. The van der Waals surface area contributed by atoms with Crippen molar-refractivity contribution in [3.05, 3.63) is 16.9 Å². The van der Waals surface area contributed by atoms with Crippen LogP contribution in [0.2, 0.25) is 5.02 Å². The Morgan fingerprint density at radius 3 is 2.71 bits per heavy atom. The van der Waals surface area contributed by atoms with Gasteiger partial charge < -0.3 is 22.1 Å². The van der Waals surface area contributed by atoms with Gasteiger partial charge in [0, 0.05) is 6.54 Å². The maximum absolute atomic E-state index is 13.7. The number of hydrogen-bond donors (Lipinski definition) is 4. The number of halogens is 2. The molecule has 0 aliphatic carbocycles. The van der Waals surface area contributed by atoms with E-state index in [1.54, 1.807) is 6.92 Å². The SMILES string of the molecule is CCNC(=O)CNc1c(N)cc(N)c(Cl)c1F. The number of amides is 1. The normalized spacial score (nSPS) is 10.1. The van der Waals surface area contributed by atoms with Crippen LogP contribution in [-0.4, -0.2) is 19.0 Å². The monoisotopic (exact) mass is 260 g/mol. The summed E-state index contributed by atoms with van der Waals surface area (Å²) in [5.41, 5.74) is 11.2. The summed E-state index contributed by atoms with van der Waals surface area (Å²) in [5, 5.41) is 4.93. The molecule has 0 aliphatic rings. The van der Waals surface area contributed by atoms with Gasteiger partial charge in [0.25, 0.3) is 0 Å². The van der Waals surface area contributed by atoms with Gasteiger partial charge in [0.15, 0.2) is 5.82 Å². The van der Waals surface area contributed by atoms with E-state index in [2.05, 4.69) is 10.6 Å². The molecule has 0 heterocycles. The lowest BCUT2D eigenvalue weighted by atomic mass is 10.2. The van der Waals surface area contributed by atoms with Gasteiger partial charge in [0.1, 0.15) is 5.02 Å². The molecule has 0 saturated heterocycles. The Hall–Kier alpha value is -1.69. The maximum Gasteiger partial charge on any atom is 0.239 e. The number of benzene rings is 1. The van der Waals surface area contributed by atoms with Crippen LogP contribution in [0.1, 0.15) is 6.92 Å². The zero-order chi connectivity index (χ0) is 13.0. The highest BCUT2D eigenvalue weighted by Crippen LogP contribution is 2.33. The molecular formula is C10H14ClFN4O. The molecule has 0 bridgehead atoms. The molecule has 0 atom stereocenters. The molecule has 1 aromatic rings. The third-order valence-corrected chi connectivity index (χ3v) is 2.45. The maximum atomic E-state index is 13.7. The van der Waals surface area contributed by atoms with Gasteiger partial charge in [-0.05, 0) is 13.0 Å². The summed E-state index contributed by atoms with van der Waals surface area (Å²) in [5.74, 6) is -1.02. The summed E-state index contributed by atoms with van der Waals surface area (Å²) in [6.45, 7) is 2.20. The van der Waals surface area contributed by atoms with Gasteiger partial charge in [-0.25, -0.2) is 4.39 Å². The number of nitrogen functional groups attached to an aromatic ring is 2. The minimum atomic E-state index is -0.756. The zero-order valence-electron chi connectivity index (χ0n) is 9.31. The highest BCUT2D eigenvalue weighted by atomic mass is 35.5. The summed E-state index contributed by atoms with van der Waals surface area (Å²) >= 11 is 5.64. The largest absolute Gasteiger partial charge is 0.397 e. The van der Waals surface area contributed by atoms with Crippen LogP contribution in [-0.2, 0) is 4.79 Å². The first kappa shape index (κ1) is 13.4. The van der Waals surface area contributed by atoms with Crippen LogP contribution in [0.3, 0.4) is 0 Å². The molecule has 0 unspecified atom stereocenters. The third kappa shape index (κ3) is 3.13. The molecule has 0 saturated carbocycles. The average molecular weight is 261 g/mol. The minimum Gasteiger partial charge on any atom is -0.397 e. The first-order valence-electron chi connectivity index (χ1n) is 5.00. The Balaban J connectivity index is 2.85. The highest BCUT2D eigenvalue weighted by molar-refractivity contribution is 6.33. The van der Waals surface area contributed by atoms with Gasteiger partial charge in [-0.2, -0.15) is 0 Å². The number of likely N-dealkylation sites (N-methyl/N-ethyl adjacent to an activating group) is 1. The van der Waals surface area contributed by atoms with Gasteiger partial charge in [-0.1, -0.05) is 11.6 Å². The van der Waals surface area contributed by atoms with Crippen LogP contribution in [0, 0.1) is 5.82 Å². The van der Waals surface area contributed by atoms with E-state index in [1.165, 1.54) is 6.07 Å². The van der Waals surface area contributed by atoms with E-state index < -0.39 is 5.82 Å². The molecule has 0 fully saturated rings. The summed E-state index contributed by atoms with van der Waals surface area (Å²) in [7, 11) is 0. The molecule has 17 heavy (non-hydrogen) atoms. The van der Waals surface area contributed by atoms with Crippen LogP contribution >= 0.6 is 11.6 Å². The summed E-state index contributed by atoms with van der Waals surface area (Å²) in [4.78, 5) is 11.2.